The van der Waals surface area contributed by atoms with E-state index in [0.29, 0.717) is 22.8 Å². The topological polar surface area (TPSA) is 97.7 Å². The zero-order chi connectivity index (χ0) is 22.4. The first-order valence-electron chi connectivity index (χ1n) is 9.05. The molecule has 0 saturated heterocycles. The molecule has 0 amide bonds. The molecule has 9 heteroatoms. The molecule has 0 bridgehead atoms. The summed E-state index contributed by atoms with van der Waals surface area (Å²) >= 11 is 6.00. The lowest BCUT2D eigenvalue weighted by Gasteiger charge is -2.12. The van der Waals surface area contributed by atoms with E-state index < -0.39 is 10.0 Å². The molecular formula is C22H19ClN2O5S. The fraction of sp³-hybridized carbons (Fsp3) is 0.136. The van der Waals surface area contributed by atoms with E-state index in [9.17, 15) is 13.7 Å². The molecule has 0 saturated carbocycles. The van der Waals surface area contributed by atoms with Gasteiger partial charge in [-0.05, 0) is 54.6 Å². The first kappa shape index (κ1) is 22.4. The van der Waals surface area contributed by atoms with Gasteiger partial charge in [-0.15, -0.1) is 0 Å². The Balaban J connectivity index is 1.75. The molecule has 160 valence electrons. The van der Waals surface area contributed by atoms with Crippen LogP contribution in [0.25, 0.3) is 0 Å². The maximum Gasteiger partial charge on any atom is 0.240 e. The number of nitrogens with one attached hydrogen (secondary N) is 1. The van der Waals surface area contributed by atoms with Gasteiger partial charge in [0, 0.05) is 12.1 Å². The first-order chi connectivity index (χ1) is 14.9. The molecule has 7 nitrogen and oxygen atoms in total. The van der Waals surface area contributed by atoms with Crippen LogP contribution in [-0.2, 0) is 16.6 Å². The second-order valence-electron chi connectivity index (χ2n) is 6.30. The van der Waals surface area contributed by atoms with Crippen LogP contribution in [0.4, 0.5) is 0 Å². The number of rotatable bonds is 8. The van der Waals surface area contributed by atoms with Crippen LogP contribution in [-0.4, -0.2) is 22.6 Å². The summed E-state index contributed by atoms with van der Waals surface area (Å²) in [6.07, 6.45) is 0. The molecule has 0 unspecified atom stereocenters. The van der Waals surface area contributed by atoms with Gasteiger partial charge in [0.05, 0.1) is 24.1 Å². The van der Waals surface area contributed by atoms with Gasteiger partial charge in [-0.25, -0.2) is 13.1 Å². The number of methoxy groups -OCH3 is 2. The molecule has 1 N–H and O–H groups in total. The predicted molar refractivity (Wildman–Crippen MR) is 116 cm³/mol. The number of hydrogen-bond acceptors (Lipinski definition) is 6. The highest BCUT2D eigenvalue weighted by molar-refractivity contribution is 7.89. The van der Waals surface area contributed by atoms with Crippen molar-refractivity contribution in [3.05, 3.63) is 76.8 Å². The van der Waals surface area contributed by atoms with Crippen molar-refractivity contribution < 1.29 is 22.6 Å². The summed E-state index contributed by atoms with van der Waals surface area (Å²) < 4.78 is 44.1. The zero-order valence-electron chi connectivity index (χ0n) is 16.8. The predicted octanol–water partition coefficient (Wildman–Crippen LogP) is 4.50. The molecule has 0 atom stereocenters. The number of nitriles is 1. The molecule has 0 heterocycles. The summed E-state index contributed by atoms with van der Waals surface area (Å²) in [4.78, 5) is 0.0633. The lowest BCUT2D eigenvalue weighted by molar-refractivity contribution is 0.398. The van der Waals surface area contributed by atoms with Gasteiger partial charge in [0.1, 0.15) is 34.6 Å². The van der Waals surface area contributed by atoms with Crippen molar-refractivity contribution >= 4 is 21.6 Å². The van der Waals surface area contributed by atoms with Crippen LogP contribution in [0.1, 0.15) is 11.1 Å². The third-order valence-corrected chi connectivity index (χ3v) is 6.12. The van der Waals surface area contributed by atoms with Crippen molar-refractivity contribution in [2.24, 2.45) is 0 Å². The molecule has 3 rings (SSSR count). The van der Waals surface area contributed by atoms with Gasteiger partial charge in [0.2, 0.25) is 10.0 Å². The van der Waals surface area contributed by atoms with E-state index in [1.807, 2.05) is 6.07 Å². The van der Waals surface area contributed by atoms with Crippen molar-refractivity contribution in [2.75, 3.05) is 14.2 Å². The highest BCUT2D eigenvalue weighted by Crippen LogP contribution is 2.30. The van der Waals surface area contributed by atoms with Crippen molar-refractivity contribution in [3.8, 4) is 29.1 Å². The molecule has 0 aliphatic rings. The number of hydrogen-bond donors (Lipinski definition) is 1. The van der Waals surface area contributed by atoms with Gasteiger partial charge in [0.15, 0.2) is 0 Å². The van der Waals surface area contributed by atoms with Crippen molar-refractivity contribution in [2.45, 2.75) is 11.4 Å². The van der Waals surface area contributed by atoms with E-state index >= 15 is 0 Å². The second-order valence-corrected chi connectivity index (χ2v) is 8.47. The Morgan fingerprint density at radius 2 is 1.68 bits per heavy atom. The van der Waals surface area contributed by atoms with Crippen LogP contribution in [0.2, 0.25) is 5.02 Å². The fourth-order valence-corrected chi connectivity index (χ4v) is 4.00. The minimum absolute atomic E-state index is 0.0228. The van der Waals surface area contributed by atoms with Gasteiger partial charge in [0.25, 0.3) is 0 Å². The molecule has 0 fully saturated rings. The Bertz CT molecular complexity index is 1220. The molecule has 0 aliphatic carbocycles. The lowest BCUT2D eigenvalue weighted by atomic mass is 10.2. The SMILES string of the molecule is COc1ccc(OC)c(CNS(=O)(=O)c2ccc(Oc3cccc(Cl)c3C#N)cc2)c1. The average molecular weight is 459 g/mol. The Morgan fingerprint density at radius 1 is 0.968 bits per heavy atom. The molecule has 3 aromatic rings. The Kier molecular flexibility index (Phi) is 7.02. The first-order valence-corrected chi connectivity index (χ1v) is 10.9. The van der Waals surface area contributed by atoms with Gasteiger partial charge < -0.3 is 14.2 Å². The summed E-state index contributed by atoms with van der Waals surface area (Å²) in [6.45, 7) is 0.0228. The quantitative estimate of drug-likeness (QED) is 0.533. The minimum atomic E-state index is -3.79. The monoisotopic (exact) mass is 458 g/mol. The highest BCUT2D eigenvalue weighted by Gasteiger charge is 2.16. The molecule has 0 aromatic heterocycles. The third kappa shape index (κ3) is 5.27. The number of ether oxygens (including phenoxy) is 3. The summed E-state index contributed by atoms with van der Waals surface area (Å²) in [6, 6.07) is 17.8. The van der Waals surface area contributed by atoms with Gasteiger partial charge in [-0.1, -0.05) is 17.7 Å². The van der Waals surface area contributed by atoms with Crippen LogP contribution < -0.4 is 18.9 Å². The van der Waals surface area contributed by atoms with Gasteiger partial charge >= 0.3 is 0 Å². The number of benzene rings is 3. The molecule has 0 radical (unpaired) electrons. The number of nitrogens with zero attached hydrogens (tertiary/aromatic N) is 1. The zero-order valence-corrected chi connectivity index (χ0v) is 18.3. The van der Waals surface area contributed by atoms with Gasteiger partial charge in [-0.3, -0.25) is 0 Å². The van der Waals surface area contributed by atoms with E-state index in [0.717, 1.165) is 0 Å². The van der Waals surface area contributed by atoms with E-state index in [4.69, 9.17) is 25.8 Å². The Morgan fingerprint density at radius 3 is 2.32 bits per heavy atom. The lowest BCUT2D eigenvalue weighted by Crippen LogP contribution is -2.23. The van der Waals surface area contributed by atoms with Crippen LogP contribution in [0, 0.1) is 11.3 Å². The summed E-state index contributed by atoms with van der Waals surface area (Å²) in [5.41, 5.74) is 0.838. The van der Waals surface area contributed by atoms with Crippen LogP contribution in [0.3, 0.4) is 0 Å². The summed E-state index contributed by atoms with van der Waals surface area (Å²) in [5, 5.41) is 9.51. The van der Waals surface area contributed by atoms with Crippen molar-refractivity contribution in [3.63, 3.8) is 0 Å². The van der Waals surface area contributed by atoms with E-state index in [1.54, 1.807) is 36.4 Å². The molecule has 31 heavy (non-hydrogen) atoms. The smallest absolute Gasteiger partial charge is 0.240 e. The van der Waals surface area contributed by atoms with Crippen LogP contribution in [0.5, 0.6) is 23.0 Å². The third-order valence-electron chi connectivity index (χ3n) is 4.39. The van der Waals surface area contributed by atoms with Crippen molar-refractivity contribution in [1.82, 2.24) is 4.72 Å². The average Bonchev–Trinajstić information content (AvgIpc) is 2.78. The van der Waals surface area contributed by atoms with Crippen LogP contribution in [0.15, 0.2) is 65.6 Å². The normalized spacial score (nSPS) is 10.9. The standard InChI is InChI=1S/C22H19ClN2O5S/c1-28-17-8-11-21(29-2)15(12-17)14-25-31(26,27)18-9-6-16(7-10-18)30-22-5-3-4-20(23)19(22)13-24/h3-12,25H,14H2,1-2H3. The van der Waals surface area contributed by atoms with Crippen LogP contribution >= 0.6 is 11.6 Å². The Labute approximate surface area is 185 Å². The minimum Gasteiger partial charge on any atom is -0.497 e. The Hall–Kier alpha value is -3.25. The summed E-state index contributed by atoms with van der Waals surface area (Å²) in [7, 11) is -0.747. The van der Waals surface area contributed by atoms with E-state index in [-0.39, 0.29) is 27.8 Å². The molecule has 3 aromatic carbocycles. The largest absolute Gasteiger partial charge is 0.497 e. The fourth-order valence-electron chi connectivity index (χ4n) is 2.79. The van der Waals surface area contributed by atoms with Crippen molar-refractivity contribution in [1.29, 1.82) is 5.26 Å². The van der Waals surface area contributed by atoms with Gasteiger partial charge in [-0.2, -0.15) is 5.26 Å². The second kappa shape index (κ2) is 9.71. The van der Waals surface area contributed by atoms with E-state index in [1.165, 1.54) is 38.5 Å². The highest BCUT2D eigenvalue weighted by atomic mass is 35.5. The molecule has 0 spiro atoms. The van der Waals surface area contributed by atoms with E-state index in [2.05, 4.69) is 4.72 Å². The molecular weight excluding hydrogens is 440 g/mol. The number of halogens is 1. The maximum absolute atomic E-state index is 12.7. The number of sulfonamides is 1. The maximum atomic E-state index is 12.7. The summed E-state index contributed by atoms with van der Waals surface area (Å²) in [5.74, 6) is 1.79. The molecule has 0 aliphatic heterocycles.